The molecule has 0 atom stereocenters. The van der Waals surface area contributed by atoms with Crippen molar-refractivity contribution >= 4 is 31.9 Å². The number of hydrogen-bond donors (Lipinski definition) is 2. The van der Waals surface area contributed by atoms with E-state index in [0.29, 0.717) is 4.47 Å². The summed E-state index contributed by atoms with van der Waals surface area (Å²) in [7, 11) is -3.91. The molecule has 1 rings (SSSR count). The maximum Gasteiger partial charge on any atom is 0.306 e. The molecule has 0 radical (unpaired) electrons. The number of sulfonamides is 1. The predicted octanol–water partition coefficient (Wildman–Crippen LogP) is 0.950. The summed E-state index contributed by atoms with van der Waals surface area (Å²) in [6.07, 6.45) is -0.222. The largest absolute Gasteiger partial charge is 0.492 e. The molecule has 6 nitrogen and oxygen atoms in total. The van der Waals surface area contributed by atoms with Gasteiger partial charge in [0.1, 0.15) is 10.6 Å². The maximum absolute atomic E-state index is 11.3. The molecule has 0 aromatic heterocycles. The van der Waals surface area contributed by atoms with Crippen LogP contribution in [0.1, 0.15) is 6.42 Å². The zero-order chi connectivity index (χ0) is 13.1. The number of carboxylic acids is 1. The number of halogens is 1. The van der Waals surface area contributed by atoms with Crippen molar-refractivity contribution in [3.63, 3.8) is 0 Å². The zero-order valence-electron chi connectivity index (χ0n) is 8.59. The number of ether oxygens (including phenoxy) is 1. The van der Waals surface area contributed by atoms with Gasteiger partial charge in [-0.15, -0.1) is 0 Å². The number of primary sulfonamides is 1. The molecule has 94 valence electrons. The van der Waals surface area contributed by atoms with Gasteiger partial charge in [-0.3, -0.25) is 4.79 Å². The van der Waals surface area contributed by atoms with Crippen LogP contribution in [0.4, 0.5) is 0 Å². The number of benzene rings is 1. The summed E-state index contributed by atoms with van der Waals surface area (Å²) in [4.78, 5) is 10.1. The Labute approximate surface area is 107 Å². The van der Waals surface area contributed by atoms with Gasteiger partial charge in [-0.1, -0.05) is 15.9 Å². The van der Waals surface area contributed by atoms with Gasteiger partial charge in [-0.05, 0) is 18.2 Å². The summed E-state index contributed by atoms with van der Waals surface area (Å²) < 4.78 is 28.1. The second-order valence-corrected chi connectivity index (χ2v) is 5.57. The first-order chi connectivity index (χ1) is 7.80. The molecule has 0 aliphatic rings. The van der Waals surface area contributed by atoms with Crippen LogP contribution in [0.2, 0.25) is 0 Å². The molecule has 0 unspecified atom stereocenters. The normalized spacial score (nSPS) is 11.2. The van der Waals surface area contributed by atoms with Crippen LogP contribution < -0.4 is 9.88 Å². The van der Waals surface area contributed by atoms with E-state index in [1.165, 1.54) is 12.1 Å². The lowest BCUT2D eigenvalue weighted by molar-refractivity contribution is -0.137. The molecule has 1 aromatic carbocycles. The second kappa shape index (κ2) is 5.48. The van der Waals surface area contributed by atoms with E-state index in [-0.39, 0.29) is 23.7 Å². The van der Waals surface area contributed by atoms with E-state index in [9.17, 15) is 13.2 Å². The Kier molecular flexibility index (Phi) is 4.49. The molecular weight excluding hydrogens is 314 g/mol. The van der Waals surface area contributed by atoms with Crippen molar-refractivity contribution in [3.8, 4) is 5.75 Å². The topological polar surface area (TPSA) is 107 Å². The lowest BCUT2D eigenvalue weighted by Gasteiger charge is -2.09. The zero-order valence-corrected chi connectivity index (χ0v) is 11.0. The van der Waals surface area contributed by atoms with Crippen molar-refractivity contribution in [2.45, 2.75) is 11.3 Å². The fourth-order valence-electron chi connectivity index (χ4n) is 1.07. The molecule has 0 bridgehead atoms. The number of hydrogen-bond acceptors (Lipinski definition) is 4. The first-order valence-electron chi connectivity index (χ1n) is 4.47. The van der Waals surface area contributed by atoms with Gasteiger partial charge in [0.15, 0.2) is 0 Å². The molecule has 0 fully saturated rings. The van der Waals surface area contributed by atoms with Crippen molar-refractivity contribution in [3.05, 3.63) is 22.7 Å². The monoisotopic (exact) mass is 323 g/mol. The molecule has 0 amide bonds. The van der Waals surface area contributed by atoms with Crippen LogP contribution in [-0.2, 0) is 14.8 Å². The number of aliphatic carboxylic acids is 1. The fraction of sp³-hybridized carbons (Fsp3) is 0.222. The van der Waals surface area contributed by atoms with Crippen LogP contribution in [0.25, 0.3) is 0 Å². The number of carboxylic acid groups (broad SMARTS) is 1. The van der Waals surface area contributed by atoms with E-state index in [1.807, 2.05) is 0 Å². The second-order valence-electron chi connectivity index (χ2n) is 3.13. The number of nitrogens with two attached hydrogens (primary N) is 1. The summed E-state index contributed by atoms with van der Waals surface area (Å²) in [5, 5.41) is 13.4. The van der Waals surface area contributed by atoms with E-state index in [4.69, 9.17) is 15.0 Å². The quantitative estimate of drug-likeness (QED) is 0.838. The van der Waals surface area contributed by atoms with Gasteiger partial charge in [-0.2, -0.15) is 0 Å². The van der Waals surface area contributed by atoms with Crippen LogP contribution in [0, 0.1) is 0 Å². The molecule has 0 aliphatic heterocycles. The van der Waals surface area contributed by atoms with Gasteiger partial charge >= 0.3 is 5.97 Å². The van der Waals surface area contributed by atoms with E-state index in [0.717, 1.165) is 0 Å². The minimum Gasteiger partial charge on any atom is -0.492 e. The highest BCUT2D eigenvalue weighted by atomic mass is 79.9. The van der Waals surface area contributed by atoms with Crippen molar-refractivity contribution < 1.29 is 23.1 Å². The SMILES string of the molecule is NS(=O)(=O)c1cc(Br)ccc1OCCC(=O)O. The van der Waals surface area contributed by atoms with Crippen LogP contribution >= 0.6 is 15.9 Å². The smallest absolute Gasteiger partial charge is 0.306 e. The fourth-order valence-corrected chi connectivity index (χ4v) is 2.28. The molecule has 3 N–H and O–H groups in total. The highest BCUT2D eigenvalue weighted by molar-refractivity contribution is 9.10. The minimum atomic E-state index is -3.91. The predicted molar refractivity (Wildman–Crippen MR) is 63.3 cm³/mol. The van der Waals surface area contributed by atoms with Crippen LogP contribution in [0.3, 0.4) is 0 Å². The Bertz CT molecular complexity index is 528. The first kappa shape index (κ1) is 13.9. The third-order valence-electron chi connectivity index (χ3n) is 1.79. The molecule has 1 aromatic rings. The van der Waals surface area contributed by atoms with Crippen molar-refractivity contribution in [2.75, 3.05) is 6.61 Å². The third kappa shape index (κ3) is 4.33. The van der Waals surface area contributed by atoms with E-state index < -0.39 is 16.0 Å². The lowest BCUT2D eigenvalue weighted by Crippen LogP contribution is -2.15. The average Bonchev–Trinajstić information content (AvgIpc) is 2.18. The molecule has 0 saturated carbocycles. The van der Waals surface area contributed by atoms with Crippen LogP contribution in [0.15, 0.2) is 27.6 Å². The van der Waals surface area contributed by atoms with E-state index >= 15 is 0 Å². The molecule has 0 spiro atoms. The lowest BCUT2D eigenvalue weighted by atomic mass is 10.3. The molecule has 17 heavy (non-hydrogen) atoms. The first-order valence-corrected chi connectivity index (χ1v) is 6.81. The van der Waals surface area contributed by atoms with Gasteiger partial charge in [-0.25, -0.2) is 13.6 Å². The highest BCUT2D eigenvalue weighted by Gasteiger charge is 2.15. The van der Waals surface area contributed by atoms with Crippen molar-refractivity contribution in [1.82, 2.24) is 0 Å². The molecular formula is C9H10BrNO5S. The highest BCUT2D eigenvalue weighted by Crippen LogP contribution is 2.26. The van der Waals surface area contributed by atoms with Gasteiger partial charge in [0, 0.05) is 4.47 Å². The van der Waals surface area contributed by atoms with Gasteiger partial charge in [0.25, 0.3) is 0 Å². The Balaban J connectivity index is 2.95. The molecule has 0 saturated heterocycles. The summed E-state index contributed by atoms with van der Waals surface area (Å²) in [5.41, 5.74) is 0. The Hall–Kier alpha value is -1.12. The number of carbonyl (C=O) groups is 1. The van der Waals surface area contributed by atoms with Gasteiger partial charge < -0.3 is 9.84 Å². The average molecular weight is 324 g/mol. The van der Waals surface area contributed by atoms with Crippen LogP contribution in [-0.4, -0.2) is 26.1 Å². The third-order valence-corrected chi connectivity index (χ3v) is 3.21. The summed E-state index contributed by atoms with van der Waals surface area (Å²) in [5.74, 6) is -0.990. The van der Waals surface area contributed by atoms with Gasteiger partial charge in [0.05, 0.1) is 13.0 Å². The maximum atomic E-state index is 11.3. The van der Waals surface area contributed by atoms with E-state index in [2.05, 4.69) is 15.9 Å². The minimum absolute atomic E-state index is 0.0388. The van der Waals surface area contributed by atoms with Crippen molar-refractivity contribution in [1.29, 1.82) is 0 Å². The Morgan fingerprint density at radius 1 is 1.47 bits per heavy atom. The summed E-state index contributed by atoms with van der Waals surface area (Å²) >= 11 is 3.11. The number of rotatable bonds is 5. The molecule has 0 heterocycles. The standard InChI is InChI=1S/C9H10BrNO5S/c10-6-1-2-7(16-4-3-9(12)13)8(5-6)17(11,14)15/h1-2,5H,3-4H2,(H,12,13)(H2,11,14,15). The van der Waals surface area contributed by atoms with Crippen LogP contribution in [0.5, 0.6) is 5.75 Å². The summed E-state index contributed by atoms with van der Waals surface area (Å²) in [6.45, 7) is -0.126. The summed E-state index contributed by atoms with van der Waals surface area (Å²) in [6, 6.07) is 4.28. The van der Waals surface area contributed by atoms with E-state index in [1.54, 1.807) is 6.07 Å². The van der Waals surface area contributed by atoms with Gasteiger partial charge in [0.2, 0.25) is 10.0 Å². The molecule has 0 aliphatic carbocycles. The Morgan fingerprint density at radius 3 is 2.65 bits per heavy atom. The Morgan fingerprint density at radius 2 is 2.12 bits per heavy atom. The van der Waals surface area contributed by atoms with Crippen molar-refractivity contribution in [2.24, 2.45) is 5.14 Å². The molecule has 8 heteroatoms.